The number of benzene rings is 1. The Hall–Kier alpha value is -3.03. The Kier molecular flexibility index (Phi) is 5.63. The third-order valence-electron chi connectivity index (χ3n) is 4.90. The maximum absolute atomic E-state index is 12.1. The van der Waals surface area contributed by atoms with Gasteiger partial charge in [-0.3, -0.25) is 19.7 Å². The van der Waals surface area contributed by atoms with E-state index < -0.39 is 22.7 Å². The van der Waals surface area contributed by atoms with Gasteiger partial charge in [0.15, 0.2) is 12.4 Å². The summed E-state index contributed by atoms with van der Waals surface area (Å²) in [5.74, 6) is -1.11. The van der Waals surface area contributed by atoms with Crippen LogP contribution in [0, 0.1) is 27.9 Å². The van der Waals surface area contributed by atoms with Crippen LogP contribution in [0.25, 0.3) is 11.3 Å². The Morgan fingerprint density at radius 1 is 1.37 bits per heavy atom. The van der Waals surface area contributed by atoms with Crippen molar-refractivity contribution < 1.29 is 23.7 Å². The minimum Gasteiger partial charge on any atom is -0.456 e. The van der Waals surface area contributed by atoms with Gasteiger partial charge in [-0.25, -0.2) is 4.98 Å². The molecule has 0 amide bonds. The number of ketones is 1. The molecular formula is C19H20N2O6. The second kappa shape index (κ2) is 8.11. The molecule has 2 aromatic rings. The van der Waals surface area contributed by atoms with Crippen LogP contribution in [0.5, 0.6) is 0 Å². The molecule has 0 saturated heterocycles. The number of nitro groups is 1. The highest BCUT2D eigenvalue weighted by molar-refractivity contribution is 5.87. The van der Waals surface area contributed by atoms with E-state index in [-0.39, 0.29) is 43.6 Å². The fraction of sp³-hybridized carbons (Fsp3) is 0.421. The third kappa shape index (κ3) is 4.58. The van der Waals surface area contributed by atoms with E-state index in [0.717, 1.165) is 5.56 Å². The second-order valence-corrected chi connectivity index (χ2v) is 6.78. The molecule has 1 aliphatic carbocycles. The number of ether oxygens (including phenoxy) is 1. The lowest BCUT2D eigenvalue weighted by Gasteiger charge is -2.16. The van der Waals surface area contributed by atoms with Crippen LogP contribution in [-0.4, -0.2) is 28.2 Å². The lowest BCUT2D eigenvalue weighted by atomic mass is 9.88. The molecule has 3 atom stereocenters. The molecule has 0 spiro atoms. The summed E-state index contributed by atoms with van der Waals surface area (Å²) >= 11 is 0. The molecule has 1 aromatic heterocycles. The molecule has 0 radical (unpaired) electrons. The zero-order chi connectivity index (χ0) is 19.4. The van der Waals surface area contributed by atoms with E-state index in [1.165, 1.54) is 0 Å². The Balaban J connectivity index is 1.56. The second-order valence-electron chi connectivity index (χ2n) is 6.78. The van der Waals surface area contributed by atoms with Crippen LogP contribution in [0.3, 0.4) is 0 Å². The van der Waals surface area contributed by atoms with Crippen molar-refractivity contribution in [1.29, 1.82) is 0 Å². The SMILES string of the molecule is C[C@H]1CC(=O)[C@@H](CC(=O)OCc2ncc(-c3ccccc3)o2)[C@@H]1C[N+](=O)[O-]. The lowest BCUT2D eigenvalue weighted by Crippen LogP contribution is -2.27. The molecule has 0 N–H and O–H groups in total. The van der Waals surface area contributed by atoms with E-state index in [0.29, 0.717) is 5.76 Å². The number of nitrogens with zero attached hydrogens (tertiary/aromatic N) is 2. The Labute approximate surface area is 155 Å². The molecule has 1 aliphatic rings. The third-order valence-corrected chi connectivity index (χ3v) is 4.90. The van der Waals surface area contributed by atoms with Crippen molar-refractivity contribution in [3.05, 3.63) is 52.5 Å². The zero-order valence-corrected chi connectivity index (χ0v) is 14.9. The van der Waals surface area contributed by atoms with Crippen LogP contribution >= 0.6 is 0 Å². The minimum absolute atomic E-state index is 0.110. The van der Waals surface area contributed by atoms with Gasteiger partial charge in [-0.1, -0.05) is 37.3 Å². The summed E-state index contributed by atoms with van der Waals surface area (Å²) in [6, 6.07) is 9.38. The molecule has 1 fully saturated rings. The summed E-state index contributed by atoms with van der Waals surface area (Å²) in [6.45, 7) is 1.34. The van der Waals surface area contributed by atoms with Crippen LogP contribution in [-0.2, 0) is 20.9 Å². The van der Waals surface area contributed by atoms with E-state index in [1.807, 2.05) is 30.3 Å². The standard InChI is InChI=1S/C19H20N2O6/c1-12-7-16(22)14(15(12)10-21(24)25)8-19(23)26-11-18-20-9-17(27-18)13-5-3-2-4-6-13/h2-6,9,12,14-15H,7-8,10-11H2,1H3/t12-,14-,15+/m0/s1. The van der Waals surface area contributed by atoms with Gasteiger partial charge >= 0.3 is 5.97 Å². The van der Waals surface area contributed by atoms with Crippen LogP contribution < -0.4 is 0 Å². The maximum atomic E-state index is 12.1. The van der Waals surface area contributed by atoms with Crippen LogP contribution in [0.2, 0.25) is 0 Å². The van der Waals surface area contributed by atoms with E-state index in [1.54, 1.807) is 13.1 Å². The summed E-state index contributed by atoms with van der Waals surface area (Å²) in [6.07, 6.45) is 1.65. The maximum Gasteiger partial charge on any atom is 0.307 e. The first-order valence-corrected chi connectivity index (χ1v) is 8.74. The first-order valence-electron chi connectivity index (χ1n) is 8.74. The molecule has 1 saturated carbocycles. The number of carbonyl (C=O) groups excluding carboxylic acids is 2. The van der Waals surface area contributed by atoms with Crippen molar-refractivity contribution >= 4 is 11.8 Å². The van der Waals surface area contributed by atoms with Crippen molar-refractivity contribution in [2.45, 2.75) is 26.4 Å². The topological polar surface area (TPSA) is 113 Å². The number of carbonyl (C=O) groups is 2. The molecule has 1 aromatic carbocycles. The highest BCUT2D eigenvalue weighted by Crippen LogP contribution is 2.36. The Bertz CT molecular complexity index is 832. The number of hydrogen-bond acceptors (Lipinski definition) is 7. The average molecular weight is 372 g/mol. The van der Waals surface area contributed by atoms with Crippen LogP contribution in [0.15, 0.2) is 40.9 Å². The van der Waals surface area contributed by atoms with Crippen molar-refractivity contribution in [1.82, 2.24) is 4.98 Å². The summed E-state index contributed by atoms with van der Waals surface area (Å²) < 4.78 is 10.7. The molecule has 3 rings (SSSR count). The zero-order valence-electron chi connectivity index (χ0n) is 14.9. The highest BCUT2D eigenvalue weighted by Gasteiger charge is 2.44. The van der Waals surface area contributed by atoms with Crippen molar-refractivity contribution in [3.8, 4) is 11.3 Å². The van der Waals surface area contributed by atoms with Gasteiger partial charge in [-0.05, 0) is 5.92 Å². The van der Waals surface area contributed by atoms with E-state index >= 15 is 0 Å². The van der Waals surface area contributed by atoms with Gasteiger partial charge in [0.05, 0.1) is 12.6 Å². The van der Waals surface area contributed by atoms with Gasteiger partial charge in [-0.15, -0.1) is 0 Å². The predicted octanol–water partition coefficient (Wildman–Crippen LogP) is 2.89. The van der Waals surface area contributed by atoms with Gasteiger partial charge < -0.3 is 9.15 Å². The number of esters is 1. The van der Waals surface area contributed by atoms with Crippen molar-refractivity contribution in [2.24, 2.45) is 17.8 Å². The van der Waals surface area contributed by atoms with Crippen molar-refractivity contribution in [3.63, 3.8) is 0 Å². The molecule has 0 unspecified atom stereocenters. The quantitative estimate of drug-likeness (QED) is 0.417. The molecule has 27 heavy (non-hydrogen) atoms. The van der Waals surface area contributed by atoms with E-state index in [2.05, 4.69) is 4.98 Å². The summed E-state index contributed by atoms with van der Waals surface area (Å²) in [5.41, 5.74) is 0.857. The average Bonchev–Trinajstić information content (AvgIpc) is 3.21. The Morgan fingerprint density at radius 2 is 2.11 bits per heavy atom. The predicted molar refractivity (Wildman–Crippen MR) is 94.0 cm³/mol. The van der Waals surface area contributed by atoms with Crippen LogP contribution in [0.4, 0.5) is 0 Å². The molecule has 8 nitrogen and oxygen atoms in total. The molecule has 0 bridgehead atoms. The summed E-state index contributed by atoms with van der Waals surface area (Å²) in [7, 11) is 0. The number of Topliss-reactive ketones (excluding diaryl/α,β-unsaturated/α-hetero) is 1. The van der Waals surface area contributed by atoms with Gasteiger partial charge in [0.2, 0.25) is 12.4 Å². The molecule has 1 heterocycles. The van der Waals surface area contributed by atoms with Gasteiger partial charge in [-0.2, -0.15) is 0 Å². The van der Waals surface area contributed by atoms with E-state index in [4.69, 9.17) is 9.15 Å². The number of rotatable bonds is 7. The van der Waals surface area contributed by atoms with Gasteiger partial charge in [0.25, 0.3) is 0 Å². The normalized spacial score (nSPS) is 22.0. The number of hydrogen-bond donors (Lipinski definition) is 0. The van der Waals surface area contributed by atoms with Crippen molar-refractivity contribution in [2.75, 3.05) is 6.54 Å². The fourth-order valence-electron chi connectivity index (χ4n) is 3.49. The fourth-order valence-corrected chi connectivity index (χ4v) is 3.49. The first-order chi connectivity index (χ1) is 12.9. The lowest BCUT2D eigenvalue weighted by molar-refractivity contribution is -0.490. The summed E-state index contributed by atoms with van der Waals surface area (Å²) in [5, 5.41) is 10.8. The number of aromatic nitrogens is 1. The van der Waals surface area contributed by atoms with Gasteiger partial charge in [0, 0.05) is 28.7 Å². The largest absolute Gasteiger partial charge is 0.456 e. The number of oxazole rings is 1. The monoisotopic (exact) mass is 372 g/mol. The van der Waals surface area contributed by atoms with E-state index in [9.17, 15) is 19.7 Å². The molecule has 0 aliphatic heterocycles. The Morgan fingerprint density at radius 3 is 2.81 bits per heavy atom. The summed E-state index contributed by atoms with van der Waals surface area (Å²) in [4.78, 5) is 38.7. The smallest absolute Gasteiger partial charge is 0.307 e. The first kappa shape index (κ1) is 18.8. The van der Waals surface area contributed by atoms with Gasteiger partial charge in [0.1, 0.15) is 5.78 Å². The minimum atomic E-state index is -0.665. The molecular weight excluding hydrogens is 352 g/mol. The highest BCUT2D eigenvalue weighted by atomic mass is 16.6. The molecule has 142 valence electrons. The molecule has 8 heteroatoms. The van der Waals surface area contributed by atoms with Crippen LogP contribution in [0.1, 0.15) is 25.7 Å².